The Kier molecular flexibility index (Phi) is 5.02. The molecule has 0 bridgehead atoms. The fourth-order valence-corrected chi connectivity index (χ4v) is 2.66. The Morgan fingerprint density at radius 1 is 1.05 bits per heavy atom. The van der Waals surface area contributed by atoms with Crippen LogP contribution in [0.2, 0.25) is 0 Å². The monoisotopic (exact) mass is 272 g/mol. The van der Waals surface area contributed by atoms with Crippen LogP contribution in [-0.2, 0) is 0 Å². The molecule has 0 aliphatic rings. The van der Waals surface area contributed by atoms with Gasteiger partial charge in [0.15, 0.2) is 0 Å². The molecule has 1 unspecified atom stereocenters. The van der Waals surface area contributed by atoms with E-state index in [0.29, 0.717) is 6.54 Å². The number of benzene rings is 2. The number of nitrogens with two attached hydrogens (primary N) is 2. The average Bonchev–Trinajstić information content (AvgIpc) is 2.48. The lowest BCUT2D eigenvalue weighted by molar-refractivity contribution is 0.737. The summed E-state index contributed by atoms with van der Waals surface area (Å²) in [4.78, 5) is 1.31. The first-order valence-corrected chi connectivity index (χ1v) is 7.52. The molecule has 1 atom stereocenters. The van der Waals surface area contributed by atoms with Crippen molar-refractivity contribution in [1.29, 1.82) is 0 Å². The molecule has 0 aliphatic carbocycles. The highest BCUT2D eigenvalue weighted by Crippen LogP contribution is 2.25. The molecule has 0 saturated heterocycles. The first-order valence-electron chi connectivity index (χ1n) is 6.53. The van der Waals surface area contributed by atoms with Crippen LogP contribution in [0, 0.1) is 0 Å². The molecule has 2 nitrogen and oxygen atoms in total. The molecule has 0 fully saturated rings. The van der Waals surface area contributed by atoms with E-state index < -0.39 is 0 Å². The largest absolute Gasteiger partial charge is 0.329 e. The highest BCUT2D eigenvalue weighted by molar-refractivity contribution is 7.99. The molecule has 4 N–H and O–H groups in total. The van der Waals surface area contributed by atoms with Crippen molar-refractivity contribution >= 4 is 11.8 Å². The van der Waals surface area contributed by atoms with E-state index in [9.17, 15) is 0 Å². The van der Waals surface area contributed by atoms with Gasteiger partial charge < -0.3 is 11.5 Å². The number of thioether (sulfide) groups is 1. The van der Waals surface area contributed by atoms with Crippen LogP contribution in [-0.4, -0.2) is 12.3 Å². The predicted molar refractivity (Wildman–Crippen MR) is 84.3 cm³/mol. The van der Waals surface area contributed by atoms with Gasteiger partial charge in [0.1, 0.15) is 0 Å². The van der Waals surface area contributed by atoms with Crippen LogP contribution in [0.3, 0.4) is 0 Å². The number of hydrogen-bond acceptors (Lipinski definition) is 3. The van der Waals surface area contributed by atoms with Crippen LogP contribution >= 0.6 is 11.8 Å². The number of hydrogen-bond donors (Lipinski definition) is 2. The molecule has 0 radical (unpaired) electrons. The van der Waals surface area contributed by atoms with Crippen molar-refractivity contribution < 1.29 is 0 Å². The number of rotatable bonds is 5. The molecular weight excluding hydrogens is 252 g/mol. The zero-order valence-electron chi connectivity index (χ0n) is 11.2. The summed E-state index contributed by atoms with van der Waals surface area (Å²) in [5.74, 6) is 1.10. The maximum absolute atomic E-state index is 5.98. The van der Waals surface area contributed by atoms with Crippen LogP contribution < -0.4 is 11.5 Å². The van der Waals surface area contributed by atoms with Crippen LogP contribution in [0.1, 0.15) is 18.5 Å². The van der Waals surface area contributed by atoms with E-state index in [-0.39, 0.29) is 6.04 Å². The van der Waals surface area contributed by atoms with Gasteiger partial charge in [-0.2, -0.15) is 0 Å². The van der Waals surface area contributed by atoms with Gasteiger partial charge in [-0.3, -0.25) is 0 Å². The lowest BCUT2D eigenvalue weighted by atomic mass is 10.00. The van der Waals surface area contributed by atoms with Gasteiger partial charge in [0.25, 0.3) is 0 Å². The quantitative estimate of drug-likeness (QED) is 0.820. The molecule has 2 aromatic carbocycles. The Morgan fingerprint density at radius 3 is 2.42 bits per heavy atom. The topological polar surface area (TPSA) is 52.0 Å². The van der Waals surface area contributed by atoms with Crippen molar-refractivity contribution in [2.75, 3.05) is 12.3 Å². The Hall–Kier alpha value is -1.29. The summed E-state index contributed by atoms with van der Waals surface area (Å²) < 4.78 is 0. The molecule has 2 rings (SSSR count). The third-order valence-corrected chi connectivity index (χ3v) is 3.96. The van der Waals surface area contributed by atoms with Gasteiger partial charge in [-0.05, 0) is 40.6 Å². The van der Waals surface area contributed by atoms with Crippen LogP contribution in [0.25, 0.3) is 11.1 Å². The summed E-state index contributed by atoms with van der Waals surface area (Å²) in [7, 11) is 0. The van der Waals surface area contributed by atoms with Crippen molar-refractivity contribution in [1.82, 2.24) is 0 Å². The molecule has 0 spiro atoms. The molecule has 100 valence electrons. The maximum Gasteiger partial charge on any atom is 0.0419 e. The standard InChI is InChI=1S/C16H20N2S/c1-2-19-15-8-6-12(7-9-15)13-4-3-5-14(10-13)16(18)11-17/h3-10,16H,2,11,17-18H2,1H3. The molecule has 3 heteroatoms. The Labute approximate surface area is 119 Å². The normalized spacial score (nSPS) is 12.4. The zero-order chi connectivity index (χ0) is 13.7. The Morgan fingerprint density at radius 2 is 1.79 bits per heavy atom. The molecule has 0 heterocycles. The first-order chi connectivity index (χ1) is 9.24. The summed E-state index contributed by atoms with van der Waals surface area (Å²) in [6.45, 7) is 2.63. The Bertz CT molecular complexity index is 523. The fraction of sp³-hybridized carbons (Fsp3) is 0.250. The molecule has 19 heavy (non-hydrogen) atoms. The van der Waals surface area contributed by atoms with E-state index >= 15 is 0 Å². The van der Waals surface area contributed by atoms with Crippen molar-refractivity contribution in [3.05, 3.63) is 54.1 Å². The van der Waals surface area contributed by atoms with Crippen molar-refractivity contribution in [2.45, 2.75) is 17.9 Å². The lowest BCUT2D eigenvalue weighted by Crippen LogP contribution is -2.20. The second kappa shape index (κ2) is 6.75. The highest BCUT2D eigenvalue weighted by atomic mass is 32.2. The molecular formula is C16H20N2S. The smallest absolute Gasteiger partial charge is 0.0419 e. The maximum atomic E-state index is 5.98. The van der Waals surface area contributed by atoms with E-state index in [4.69, 9.17) is 11.5 Å². The minimum Gasteiger partial charge on any atom is -0.329 e. The van der Waals surface area contributed by atoms with Crippen LogP contribution in [0.15, 0.2) is 53.4 Å². The minimum atomic E-state index is -0.0881. The SMILES string of the molecule is CCSc1ccc(-c2cccc(C(N)CN)c2)cc1. The van der Waals surface area contributed by atoms with Crippen LogP contribution in [0.5, 0.6) is 0 Å². The minimum absolute atomic E-state index is 0.0881. The molecule has 0 aromatic heterocycles. The van der Waals surface area contributed by atoms with Crippen molar-refractivity contribution in [3.63, 3.8) is 0 Å². The molecule has 0 aliphatic heterocycles. The molecule has 0 amide bonds. The van der Waals surface area contributed by atoms with E-state index in [1.54, 1.807) is 0 Å². The van der Waals surface area contributed by atoms with E-state index in [1.807, 2.05) is 23.9 Å². The van der Waals surface area contributed by atoms with Gasteiger partial charge in [0, 0.05) is 17.5 Å². The second-order valence-corrected chi connectivity index (χ2v) is 5.76. The predicted octanol–water partition coefficient (Wildman–Crippen LogP) is 3.42. The van der Waals surface area contributed by atoms with Gasteiger partial charge >= 0.3 is 0 Å². The van der Waals surface area contributed by atoms with Gasteiger partial charge in [0.2, 0.25) is 0 Å². The van der Waals surface area contributed by atoms with Gasteiger partial charge in [-0.1, -0.05) is 37.3 Å². The van der Waals surface area contributed by atoms with E-state index in [1.165, 1.54) is 16.0 Å². The van der Waals surface area contributed by atoms with Gasteiger partial charge in [0.05, 0.1) is 0 Å². The average molecular weight is 272 g/mol. The van der Waals surface area contributed by atoms with E-state index in [0.717, 1.165) is 11.3 Å². The Balaban J connectivity index is 2.26. The van der Waals surface area contributed by atoms with Gasteiger partial charge in [-0.25, -0.2) is 0 Å². The third-order valence-electron chi connectivity index (χ3n) is 3.07. The molecule has 2 aromatic rings. The summed E-state index contributed by atoms with van der Waals surface area (Å²) in [5, 5.41) is 0. The van der Waals surface area contributed by atoms with E-state index in [2.05, 4.69) is 43.3 Å². The highest BCUT2D eigenvalue weighted by Gasteiger charge is 2.05. The fourth-order valence-electron chi connectivity index (χ4n) is 2.00. The molecule has 0 saturated carbocycles. The summed E-state index contributed by atoms with van der Waals surface area (Å²) >= 11 is 1.85. The van der Waals surface area contributed by atoms with Crippen molar-refractivity contribution in [3.8, 4) is 11.1 Å². The van der Waals surface area contributed by atoms with Gasteiger partial charge in [-0.15, -0.1) is 11.8 Å². The zero-order valence-corrected chi connectivity index (χ0v) is 12.0. The third kappa shape index (κ3) is 3.60. The lowest BCUT2D eigenvalue weighted by Gasteiger charge is -2.11. The van der Waals surface area contributed by atoms with Crippen molar-refractivity contribution in [2.24, 2.45) is 11.5 Å². The summed E-state index contributed by atoms with van der Waals surface area (Å²) in [6.07, 6.45) is 0. The summed E-state index contributed by atoms with van der Waals surface area (Å²) in [5.41, 5.74) is 15.1. The first kappa shape index (κ1) is 14.1. The summed E-state index contributed by atoms with van der Waals surface area (Å²) in [6, 6.07) is 16.9. The second-order valence-electron chi connectivity index (χ2n) is 4.43. The van der Waals surface area contributed by atoms with Crippen LogP contribution in [0.4, 0.5) is 0 Å².